The number of ether oxygens (including phenoxy) is 1. The Kier molecular flexibility index (Phi) is 9.50. The zero-order valence-corrected chi connectivity index (χ0v) is 20.1. The second-order valence-corrected chi connectivity index (χ2v) is 8.70. The van der Waals surface area contributed by atoms with E-state index in [9.17, 15) is 14.4 Å². The molecule has 0 saturated carbocycles. The predicted molar refractivity (Wildman–Crippen MR) is 132 cm³/mol. The highest BCUT2D eigenvalue weighted by Crippen LogP contribution is 2.17. The van der Waals surface area contributed by atoms with E-state index in [1.165, 1.54) is 4.90 Å². The lowest BCUT2D eigenvalue weighted by atomic mass is 10.0. The summed E-state index contributed by atoms with van der Waals surface area (Å²) in [6, 6.07) is 15.2. The van der Waals surface area contributed by atoms with E-state index in [1.54, 1.807) is 31.3 Å². The van der Waals surface area contributed by atoms with Crippen molar-refractivity contribution in [2.45, 2.75) is 57.5 Å². The molecule has 0 radical (unpaired) electrons. The molecule has 2 atom stereocenters. The van der Waals surface area contributed by atoms with E-state index in [4.69, 9.17) is 4.74 Å². The van der Waals surface area contributed by atoms with Crippen molar-refractivity contribution in [3.63, 3.8) is 0 Å². The number of hydrogen-bond acceptors (Lipinski definition) is 4. The SMILES string of the molecule is CCCCOc1ccc(C(=O)N(C)[C@@H](Cc2ccccc2)C(=O)N[C@H]2CCCCNC2=O)cc1. The lowest BCUT2D eigenvalue weighted by Gasteiger charge is -2.29. The maximum Gasteiger partial charge on any atom is 0.254 e. The Bertz CT molecular complexity index is 946. The minimum atomic E-state index is -0.758. The Hall–Kier alpha value is -3.35. The number of carbonyl (C=O) groups is 3. The number of hydrogen-bond donors (Lipinski definition) is 2. The van der Waals surface area contributed by atoms with Crippen LogP contribution in [0, 0.1) is 0 Å². The molecule has 2 aromatic carbocycles. The Morgan fingerprint density at radius 3 is 2.56 bits per heavy atom. The molecule has 0 aromatic heterocycles. The number of likely N-dealkylation sites (N-methyl/N-ethyl adjacent to an activating group) is 1. The summed E-state index contributed by atoms with van der Waals surface area (Å²) in [6.07, 6.45) is 4.71. The molecule has 7 heteroatoms. The molecule has 1 aliphatic rings. The van der Waals surface area contributed by atoms with Gasteiger partial charge in [-0.25, -0.2) is 0 Å². The van der Waals surface area contributed by atoms with Crippen molar-refractivity contribution in [3.05, 3.63) is 65.7 Å². The fourth-order valence-corrected chi connectivity index (χ4v) is 3.96. The third-order valence-electron chi connectivity index (χ3n) is 6.08. The summed E-state index contributed by atoms with van der Waals surface area (Å²) in [5, 5.41) is 5.73. The van der Waals surface area contributed by atoms with Gasteiger partial charge in [0, 0.05) is 25.6 Å². The highest BCUT2D eigenvalue weighted by Gasteiger charge is 2.31. The van der Waals surface area contributed by atoms with Crippen LogP contribution < -0.4 is 15.4 Å². The summed E-state index contributed by atoms with van der Waals surface area (Å²) in [4.78, 5) is 40.5. The van der Waals surface area contributed by atoms with Crippen LogP contribution in [-0.4, -0.2) is 54.9 Å². The molecule has 3 amide bonds. The highest BCUT2D eigenvalue weighted by atomic mass is 16.5. The first-order valence-corrected chi connectivity index (χ1v) is 12.1. The minimum absolute atomic E-state index is 0.169. The van der Waals surface area contributed by atoms with E-state index in [1.807, 2.05) is 30.3 Å². The molecule has 0 spiro atoms. The first kappa shape index (κ1) is 25.3. The number of carbonyl (C=O) groups excluding carboxylic acids is 3. The average molecular weight is 466 g/mol. The smallest absolute Gasteiger partial charge is 0.254 e. The zero-order chi connectivity index (χ0) is 24.3. The molecule has 1 fully saturated rings. The fourth-order valence-electron chi connectivity index (χ4n) is 3.96. The van der Waals surface area contributed by atoms with Gasteiger partial charge in [-0.3, -0.25) is 14.4 Å². The van der Waals surface area contributed by atoms with Gasteiger partial charge in [-0.1, -0.05) is 43.7 Å². The first-order chi connectivity index (χ1) is 16.5. The maximum absolute atomic E-state index is 13.3. The van der Waals surface area contributed by atoms with Crippen LogP contribution in [0.1, 0.15) is 54.9 Å². The molecule has 2 N–H and O–H groups in total. The molecule has 1 heterocycles. The van der Waals surface area contributed by atoms with Gasteiger partial charge in [0.15, 0.2) is 0 Å². The molecule has 182 valence electrons. The third-order valence-corrected chi connectivity index (χ3v) is 6.08. The molecule has 2 aromatic rings. The topological polar surface area (TPSA) is 87.7 Å². The molecular weight excluding hydrogens is 430 g/mol. The van der Waals surface area contributed by atoms with E-state index in [-0.39, 0.29) is 17.7 Å². The number of benzene rings is 2. The molecule has 0 unspecified atom stereocenters. The third kappa shape index (κ3) is 7.07. The number of nitrogens with zero attached hydrogens (tertiary/aromatic N) is 1. The summed E-state index contributed by atoms with van der Waals surface area (Å²) >= 11 is 0. The predicted octanol–water partition coefficient (Wildman–Crippen LogP) is 3.33. The van der Waals surface area contributed by atoms with Crippen molar-refractivity contribution in [2.75, 3.05) is 20.2 Å². The average Bonchev–Trinajstić information content (AvgIpc) is 3.06. The van der Waals surface area contributed by atoms with Crippen LogP contribution in [0.2, 0.25) is 0 Å². The van der Waals surface area contributed by atoms with Gasteiger partial charge < -0.3 is 20.3 Å². The van der Waals surface area contributed by atoms with E-state index in [0.717, 1.165) is 31.2 Å². The summed E-state index contributed by atoms with van der Waals surface area (Å²) in [5.41, 5.74) is 1.41. The molecular formula is C27H35N3O4. The largest absolute Gasteiger partial charge is 0.494 e. The van der Waals surface area contributed by atoms with E-state index in [2.05, 4.69) is 17.6 Å². The van der Waals surface area contributed by atoms with Gasteiger partial charge in [0.25, 0.3) is 5.91 Å². The van der Waals surface area contributed by atoms with Crippen molar-refractivity contribution < 1.29 is 19.1 Å². The van der Waals surface area contributed by atoms with Crippen molar-refractivity contribution in [2.24, 2.45) is 0 Å². The van der Waals surface area contributed by atoms with Gasteiger partial charge in [-0.2, -0.15) is 0 Å². The van der Waals surface area contributed by atoms with E-state index in [0.29, 0.717) is 37.3 Å². The van der Waals surface area contributed by atoms with Crippen LogP contribution in [0.15, 0.2) is 54.6 Å². The quantitative estimate of drug-likeness (QED) is 0.527. The normalized spacial score (nSPS) is 16.6. The van der Waals surface area contributed by atoms with E-state index < -0.39 is 12.1 Å². The monoisotopic (exact) mass is 465 g/mol. The summed E-state index contributed by atoms with van der Waals surface area (Å²) in [7, 11) is 1.63. The second kappa shape index (κ2) is 12.8. The van der Waals surface area contributed by atoms with Crippen LogP contribution in [0.25, 0.3) is 0 Å². The molecule has 1 aliphatic heterocycles. The van der Waals surface area contributed by atoms with Gasteiger partial charge in [-0.05, 0) is 55.5 Å². The van der Waals surface area contributed by atoms with Crippen LogP contribution in [-0.2, 0) is 16.0 Å². The van der Waals surface area contributed by atoms with E-state index >= 15 is 0 Å². The zero-order valence-electron chi connectivity index (χ0n) is 20.1. The minimum Gasteiger partial charge on any atom is -0.494 e. The van der Waals surface area contributed by atoms with Gasteiger partial charge in [0.05, 0.1) is 6.61 Å². The van der Waals surface area contributed by atoms with Crippen molar-refractivity contribution in [1.29, 1.82) is 0 Å². The lowest BCUT2D eigenvalue weighted by Crippen LogP contribution is -2.54. The number of nitrogens with one attached hydrogen (secondary N) is 2. The van der Waals surface area contributed by atoms with Gasteiger partial charge in [0.1, 0.15) is 17.8 Å². The molecule has 7 nitrogen and oxygen atoms in total. The van der Waals surface area contributed by atoms with Crippen molar-refractivity contribution in [3.8, 4) is 5.75 Å². The van der Waals surface area contributed by atoms with Crippen molar-refractivity contribution in [1.82, 2.24) is 15.5 Å². The Morgan fingerprint density at radius 2 is 1.85 bits per heavy atom. The molecule has 34 heavy (non-hydrogen) atoms. The molecule has 0 aliphatic carbocycles. The summed E-state index contributed by atoms with van der Waals surface area (Å²) in [6.45, 7) is 3.36. The second-order valence-electron chi connectivity index (χ2n) is 8.70. The Balaban J connectivity index is 1.75. The molecule has 1 saturated heterocycles. The van der Waals surface area contributed by atoms with Gasteiger partial charge in [-0.15, -0.1) is 0 Å². The number of amides is 3. The van der Waals surface area contributed by atoms with Crippen LogP contribution in [0.5, 0.6) is 5.75 Å². The summed E-state index contributed by atoms with van der Waals surface area (Å²) in [5.74, 6) is -0.0506. The van der Waals surface area contributed by atoms with Crippen LogP contribution in [0.4, 0.5) is 0 Å². The lowest BCUT2D eigenvalue weighted by molar-refractivity contribution is -0.131. The Labute approximate surface area is 201 Å². The van der Waals surface area contributed by atoms with Gasteiger partial charge in [0.2, 0.25) is 11.8 Å². The highest BCUT2D eigenvalue weighted by molar-refractivity contribution is 5.98. The number of rotatable bonds is 10. The maximum atomic E-state index is 13.3. The Morgan fingerprint density at radius 1 is 1.12 bits per heavy atom. The molecule has 0 bridgehead atoms. The fraction of sp³-hybridized carbons (Fsp3) is 0.444. The van der Waals surface area contributed by atoms with Gasteiger partial charge >= 0.3 is 0 Å². The standard InChI is InChI=1S/C27H35N3O4/c1-3-4-18-34-22-15-13-21(14-16-22)27(33)30(2)24(19-20-10-6-5-7-11-20)26(32)29-23-12-8-9-17-28-25(23)31/h5-7,10-11,13-16,23-24H,3-4,8-9,12,17-19H2,1-2H3,(H,28,31)(H,29,32)/t23-,24-/m0/s1. The summed E-state index contributed by atoms with van der Waals surface area (Å²) < 4.78 is 5.68. The van der Waals surface area contributed by atoms with Crippen LogP contribution in [0.3, 0.4) is 0 Å². The molecule has 3 rings (SSSR count). The van der Waals surface area contributed by atoms with Crippen molar-refractivity contribution >= 4 is 17.7 Å². The number of unbranched alkanes of at least 4 members (excludes halogenated alkanes) is 1. The van der Waals surface area contributed by atoms with Crippen LogP contribution >= 0.6 is 0 Å². The first-order valence-electron chi connectivity index (χ1n) is 12.1.